The van der Waals surface area contributed by atoms with Gasteiger partial charge in [-0.15, -0.1) is 0 Å². The molecule has 5 nitrogen and oxygen atoms in total. The summed E-state index contributed by atoms with van der Waals surface area (Å²) < 4.78 is 11.0. The number of nitrogens with zero attached hydrogens (tertiary/aromatic N) is 2. The molecule has 22 heavy (non-hydrogen) atoms. The number of hydrogen-bond donors (Lipinski definition) is 1. The first-order chi connectivity index (χ1) is 10.7. The van der Waals surface area contributed by atoms with Gasteiger partial charge in [0.1, 0.15) is 10.7 Å². The van der Waals surface area contributed by atoms with Crippen molar-refractivity contribution in [3.63, 3.8) is 0 Å². The number of hydrogen-bond acceptors (Lipinski definition) is 5. The largest absolute Gasteiger partial charge is 0.476 e. The molecule has 2 N–H and O–H groups in total. The summed E-state index contributed by atoms with van der Waals surface area (Å²) in [7, 11) is 0. The minimum atomic E-state index is 0.0884. The van der Waals surface area contributed by atoms with E-state index in [1.807, 2.05) is 30.3 Å². The van der Waals surface area contributed by atoms with Gasteiger partial charge in [-0.3, -0.25) is 0 Å². The highest BCUT2D eigenvalue weighted by Crippen LogP contribution is 2.33. The van der Waals surface area contributed by atoms with Crippen LogP contribution >= 0.6 is 11.6 Å². The molecule has 0 saturated carbocycles. The molecule has 0 saturated heterocycles. The first kappa shape index (κ1) is 14.4. The van der Waals surface area contributed by atoms with E-state index in [-0.39, 0.29) is 16.9 Å². The summed E-state index contributed by atoms with van der Waals surface area (Å²) in [4.78, 5) is 8.15. The van der Waals surface area contributed by atoms with Crippen LogP contribution in [0.1, 0.15) is 5.56 Å². The molecule has 1 aromatic carbocycles. The van der Waals surface area contributed by atoms with E-state index in [1.54, 1.807) is 18.4 Å². The van der Waals surface area contributed by atoms with E-state index in [0.29, 0.717) is 18.1 Å². The topological polar surface area (TPSA) is 74.2 Å². The summed E-state index contributed by atoms with van der Waals surface area (Å²) in [5.74, 6) is 0.869. The van der Waals surface area contributed by atoms with E-state index in [2.05, 4.69) is 9.97 Å². The Morgan fingerprint density at radius 1 is 1.09 bits per heavy atom. The quantitative estimate of drug-likeness (QED) is 0.778. The van der Waals surface area contributed by atoms with Crippen LogP contribution in [0.2, 0.25) is 5.02 Å². The summed E-state index contributed by atoms with van der Waals surface area (Å²) in [5, 5.41) is 0.289. The summed E-state index contributed by atoms with van der Waals surface area (Å²) in [6.07, 6.45) is 2.29. The van der Waals surface area contributed by atoms with Crippen molar-refractivity contribution in [2.24, 2.45) is 0 Å². The highest BCUT2D eigenvalue weighted by atomic mass is 35.5. The Morgan fingerprint density at radius 2 is 1.91 bits per heavy atom. The molecular weight excluding hydrogens is 302 g/mol. The molecule has 3 rings (SSSR count). The molecule has 0 spiro atoms. The molecule has 0 aliphatic heterocycles. The highest BCUT2D eigenvalue weighted by molar-refractivity contribution is 6.34. The zero-order chi connectivity index (χ0) is 15.4. The van der Waals surface area contributed by atoms with Crippen molar-refractivity contribution >= 4 is 17.5 Å². The van der Waals surface area contributed by atoms with Crippen LogP contribution in [0.5, 0.6) is 5.88 Å². The third-order valence-corrected chi connectivity index (χ3v) is 3.41. The Hall–Kier alpha value is -2.53. The standard InChI is InChI=1S/C16H14ClN3O2/c17-13-14(12-7-4-9-21-12)19-16(18)20-15(13)22-10-8-11-5-2-1-3-6-11/h1-7,9H,8,10H2,(H2,18,19,20). The molecule has 2 aromatic heterocycles. The van der Waals surface area contributed by atoms with E-state index in [0.717, 1.165) is 6.42 Å². The average Bonchev–Trinajstić information content (AvgIpc) is 3.05. The van der Waals surface area contributed by atoms with E-state index >= 15 is 0 Å². The van der Waals surface area contributed by atoms with Crippen molar-refractivity contribution in [1.82, 2.24) is 9.97 Å². The van der Waals surface area contributed by atoms with Crippen LogP contribution in [0.25, 0.3) is 11.5 Å². The molecule has 112 valence electrons. The Bertz CT molecular complexity index is 746. The third-order valence-electron chi connectivity index (χ3n) is 3.07. The molecular formula is C16H14ClN3O2. The van der Waals surface area contributed by atoms with Gasteiger partial charge in [-0.2, -0.15) is 4.98 Å². The van der Waals surface area contributed by atoms with Gasteiger partial charge in [-0.25, -0.2) is 4.98 Å². The van der Waals surface area contributed by atoms with Crippen LogP contribution in [0, 0.1) is 0 Å². The van der Waals surface area contributed by atoms with Gasteiger partial charge in [0.25, 0.3) is 0 Å². The molecule has 0 radical (unpaired) electrons. The second-order valence-corrected chi connectivity index (χ2v) is 4.99. The van der Waals surface area contributed by atoms with E-state index in [4.69, 9.17) is 26.5 Å². The Morgan fingerprint density at radius 3 is 2.64 bits per heavy atom. The van der Waals surface area contributed by atoms with Crippen molar-refractivity contribution in [3.05, 3.63) is 59.3 Å². The van der Waals surface area contributed by atoms with Crippen LogP contribution in [0.3, 0.4) is 0 Å². The predicted octanol–water partition coefficient (Wildman–Crippen LogP) is 3.59. The van der Waals surface area contributed by atoms with Crippen LogP contribution in [0.15, 0.2) is 53.1 Å². The fourth-order valence-corrected chi connectivity index (χ4v) is 2.26. The summed E-state index contributed by atoms with van der Waals surface area (Å²) in [6.45, 7) is 0.442. The smallest absolute Gasteiger partial charge is 0.238 e. The number of furan rings is 1. The van der Waals surface area contributed by atoms with Crippen molar-refractivity contribution < 1.29 is 9.15 Å². The third kappa shape index (κ3) is 3.20. The van der Waals surface area contributed by atoms with Crippen molar-refractivity contribution in [2.45, 2.75) is 6.42 Å². The number of rotatable bonds is 5. The van der Waals surface area contributed by atoms with Crippen LogP contribution in [0.4, 0.5) is 5.95 Å². The monoisotopic (exact) mass is 315 g/mol. The van der Waals surface area contributed by atoms with Gasteiger partial charge >= 0.3 is 0 Å². The van der Waals surface area contributed by atoms with E-state index in [9.17, 15) is 0 Å². The SMILES string of the molecule is Nc1nc(OCCc2ccccc2)c(Cl)c(-c2ccco2)n1. The first-order valence-corrected chi connectivity index (χ1v) is 7.15. The lowest BCUT2D eigenvalue weighted by Crippen LogP contribution is -2.06. The summed E-state index contributed by atoms with van der Waals surface area (Å²) >= 11 is 6.29. The van der Waals surface area contributed by atoms with Gasteiger partial charge in [0, 0.05) is 6.42 Å². The fourth-order valence-electron chi connectivity index (χ4n) is 2.03. The number of ether oxygens (including phenoxy) is 1. The lowest BCUT2D eigenvalue weighted by molar-refractivity contribution is 0.310. The minimum absolute atomic E-state index is 0.0884. The predicted molar refractivity (Wildman–Crippen MR) is 84.8 cm³/mol. The maximum absolute atomic E-state index is 6.29. The summed E-state index contributed by atoms with van der Waals surface area (Å²) in [5.41, 5.74) is 7.31. The number of aromatic nitrogens is 2. The zero-order valence-corrected chi connectivity index (χ0v) is 12.5. The molecule has 0 fully saturated rings. The minimum Gasteiger partial charge on any atom is -0.476 e. The molecule has 3 aromatic rings. The molecule has 0 aliphatic carbocycles. The Labute approximate surface area is 132 Å². The van der Waals surface area contributed by atoms with Crippen molar-refractivity contribution in [3.8, 4) is 17.3 Å². The molecule has 0 bridgehead atoms. The van der Waals surface area contributed by atoms with Crippen LogP contribution < -0.4 is 10.5 Å². The van der Waals surface area contributed by atoms with Crippen molar-refractivity contribution in [2.75, 3.05) is 12.3 Å². The van der Waals surface area contributed by atoms with Gasteiger partial charge < -0.3 is 14.9 Å². The maximum atomic E-state index is 6.29. The zero-order valence-electron chi connectivity index (χ0n) is 11.7. The fraction of sp³-hybridized carbons (Fsp3) is 0.125. The first-order valence-electron chi connectivity index (χ1n) is 6.77. The van der Waals surface area contributed by atoms with E-state index < -0.39 is 0 Å². The average molecular weight is 316 g/mol. The van der Waals surface area contributed by atoms with E-state index in [1.165, 1.54) is 5.56 Å². The Balaban J connectivity index is 1.76. The normalized spacial score (nSPS) is 10.6. The lowest BCUT2D eigenvalue weighted by Gasteiger charge is -2.09. The number of anilines is 1. The number of benzene rings is 1. The van der Waals surface area contributed by atoms with Gasteiger partial charge in [0.15, 0.2) is 5.76 Å². The molecule has 6 heteroatoms. The Kier molecular flexibility index (Phi) is 4.25. The van der Waals surface area contributed by atoms with Crippen LogP contribution in [-0.4, -0.2) is 16.6 Å². The molecule has 0 atom stereocenters. The molecule has 0 unspecified atom stereocenters. The molecule has 0 aliphatic rings. The lowest BCUT2D eigenvalue weighted by atomic mass is 10.2. The summed E-state index contributed by atoms with van der Waals surface area (Å²) in [6, 6.07) is 13.5. The van der Waals surface area contributed by atoms with Gasteiger partial charge in [0.2, 0.25) is 11.8 Å². The maximum Gasteiger partial charge on any atom is 0.238 e. The highest BCUT2D eigenvalue weighted by Gasteiger charge is 2.16. The van der Waals surface area contributed by atoms with Crippen molar-refractivity contribution in [1.29, 1.82) is 0 Å². The van der Waals surface area contributed by atoms with Gasteiger partial charge in [-0.1, -0.05) is 41.9 Å². The second-order valence-electron chi connectivity index (χ2n) is 4.61. The number of nitrogens with two attached hydrogens (primary N) is 1. The molecule has 2 heterocycles. The number of halogens is 1. The number of nitrogen functional groups attached to an aromatic ring is 1. The molecule has 0 amide bonds. The van der Waals surface area contributed by atoms with Crippen LogP contribution in [-0.2, 0) is 6.42 Å². The van der Waals surface area contributed by atoms with Gasteiger partial charge in [0.05, 0.1) is 12.9 Å². The van der Waals surface area contributed by atoms with Gasteiger partial charge in [-0.05, 0) is 17.7 Å². The second kappa shape index (κ2) is 6.49.